The highest BCUT2D eigenvalue weighted by molar-refractivity contribution is 5.85. The third-order valence-electron chi connectivity index (χ3n) is 4.84. The summed E-state index contributed by atoms with van der Waals surface area (Å²) in [6, 6.07) is 15.5. The van der Waals surface area contributed by atoms with Crippen LogP contribution in [0.4, 0.5) is 0 Å². The summed E-state index contributed by atoms with van der Waals surface area (Å²) in [7, 11) is 0. The van der Waals surface area contributed by atoms with Crippen molar-refractivity contribution in [2.75, 3.05) is 32.9 Å². The number of ether oxygens (including phenoxy) is 3. The van der Waals surface area contributed by atoms with E-state index in [0.29, 0.717) is 32.8 Å². The second kappa shape index (κ2) is 10.7. The van der Waals surface area contributed by atoms with Crippen molar-refractivity contribution >= 4 is 12.4 Å². The lowest BCUT2D eigenvalue weighted by molar-refractivity contribution is -0.124. The summed E-state index contributed by atoms with van der Waals surface area (Å²) >= 11 is 0. The molecule has 0 aliphatic carbocycles. The van der Waals surface area contributed by atoms with E-state index >= 15 is 0 Å². The van der Waals surface area contributed by atoms with Crippen LogP contribution >= 0.6 is 12.4 Å². The average Bonchev–Trinajstić information content (AvgIpc) is 2.71. The third-order valence-corrected chi connectivity index (χ3v) is 4.84. The molecule has 28 heavy (non-hydrogen) atoms. The van der Waals surface area contributed by atoms with Crippen LogP contribution in [-0.4, -0.2) is 44.1 Å². The minimum absolute atomic E-state index is 0. The van der Waals surface area contributed by atoms with E-state index in [1.165, 1.54) is 0 Å². The Morgan fingerprint density at radius 1 is 1.11 bits per heavy atom. The molecule has 1 aliphatic heterocycles. The van der Waals surface area contributed by atoms with Crippen LogP contribution in [0, 0.1) is 0 Å². The summed E-state index contributed by atoms with van der Waals surface area (Å²) < 4.78 is 17.4. The van der Waals surface area contributed by atoms with Gasteiger partial charge in [-0.3, -0.25) is 0 Å². The number of benzene rings is 2. The van der Waals surface area contributed by atoms with Crippen molar-refractivity contribution in [3.05, 3.63) is 59.7 Å². The Kier molecular flexibility index (Phi) is 8.58. The molecule has 1 fully saturated rings. The van der Waals surface area contributed by atoms with Gasteiger partial charge in [-0.15, -0.1) is 12.4 Å². The zero-order chi connectivity index (χ0) is 19.1. The van der Waals surface area contributed by atoms with Crippen LogP contribution in [0.3, 0.4) is 0 Å². The van der Waals surface area contributed by atoms with E-state index in [-0.39, 0.29) is 18.5 Å². The van der Waals surface area contributed by atoms with Crippen LogP contribution in [-0.2, 0) is 16.8 Å². The first kappa shape index (κ1) is 22.5. The van der Waals surface area contributed by atoms with Gasteiger partial charge in [0.05, 0.1) is 19.8 Å². The SMILES string of the molecule is CCOc1ccc(OCC)c(CC(O)(c2ccccc2)C2CNCCO2)c1.Cl. The van der Waals surface area contributed by atoms with Crippen LogP contribution < -0.4 is 14.8 Å². The van der Waals surface area contributed by atoms with Gasteiger partial charge in [-0.1, -0.05) is 30.3 Å². The van der Waals surface area contributed by atoms with Crippen molar-refractivity contribution in [3.8, 4) is 11.5 Å². The largest absolute Gasteiger partial charge is 0.494 e. The first-order valence-electron chi connectivity index (χ1n) is 9.66. The number of rotatable bonds is 8. The van der Waals surface area contributed by atoms with Gasteiger partial charge in [0, 0.05) is 25.1 Å². The average molecular weight is 408 g/mol. The molecule has 1 aliphatic rings. The Morgan fingerprint density at radius 2 is 1.86 bits per heavy atom. The highest BCUT2D eigenvalue weighted by Crippen LogP contribution is 2.36. The standard InChI is InChI=1S/C22H29NO4.ClH/c1-3-25-19-10-11-20(26-4-2)17(14-19)15-22(24,18-8-6-5-7-9-18)21-16-23-12-13-27-21;/h5-11,14,21,23-24H,3-4,12-13,15-16H2,1-2H3;1H. The van der Waals surface area contributed by atoms with Crippen molar-refractivity contribution < 1.29 is 19.3 Å². The molecule has 154 valence electrons. The summed E-state index contributed by atoms with van der Waals surface area (Å²) in [5.41, 5.74) is 0.567. The molecule has 1 heterocycles. The van der Waals surface area contributed by atoms with Gasteiger partial charge in [0.2, 0.25) is 0 Å². The second-order valence-electron chi connectivity index (χ2n) is 6.67. The molecule has 5 nitrogen and oxygen atoms in total. The minimum Gasteiger partial charge on any atom is -0.494 e. The van der Waals surface area contributed by atoms with E-state index in [9.17, 15) is 5.11 Å². The quantitative estimate of drug-likeness (QED) is 0.703. The Labute approximate surface area is 173 Å². The van der Waals surface area contributed by atoms with E-state index < -0.39 is 5.60 Å². The maximum atomic E-state index is 11.8. The Bertz CT molecular complexity index is 722. The van der Waals surface area contributed by atoms with E-state index in [0.717, 1.165) is 29.2 Å². The molecule has 0 radical (unpaired) electrons. The summed E-state index contributed by atoms with van der Waals surface area (Å²) in [5, 5.41) is 15.1. The summed E-state index contributed by atoms with van der Waals surface area (Å²) in [6.07, 6.45) is 0.0263. The van der Waals surface area contributed by atoms with E-state index in [4.69, 9.17) is 14.2 Å². The minimum atomic E-state index is -1.18. The third kappa shape index (κ3) is 5.17. The molecule has 2 aromatic rings. The summed E-state index contributed by atoms with van der Waals surface area (Å²) in [5.74, 6) is 1.54. The van der Waals surface area contributed by atoms with Crippen LogP contribution in [0.1, 0.15) is 25.0 Å². The molecule has 6 heteroatoms. The lowest BCUT2D eigenvalue weighted by atomic mass is 9.81. The molecule has 0 bridgehead atoms. The van der Waals surface area contributed by atoms with Gasteiger partial charge in [0.1, 0.15) is 23.2 Å². The highest BCUT2D eigenvalue weighted by Gasteiger charge is 2.41. The predicted molar refractivity (Wildman–Crippen MR) is 113 cm³/mol. The van der Waals surface area contributed by atoms with Crippen molar-refractivity contribution in [2.45, 2.75) is 32.0 Å². The summed E-state index contributed by atoms with van der Waals surface area (Å²) in [4.78, 5) is 0. The Hall–Kier alpha value is -1.79. The Morgan fingerprint density at radius 3 is 2.50 bits per heavy atom. The normalized spacial score (nSPS) is 18.6. The molecule has 1 saturated heterocycles. The number of nitrogens with one attached hydrogen (secondary N) is 1. The maximum Gasteiger partial charge on any atom is 0.122 e. The number of halogens is 1. The molecular weight excluding hydrogens is 378 g/mol. The van der Waals surface area contributed by atoms with Crippen molar-refractivity contribution in [3.63, 3.8) is 0 Å². The molecule has 0 aromatic heterocycles. The molecule has 2 N–H and O–H groups in total. The fourth-order valence-electron chi connectivity index (χ4n) is 3.54. The van der Waals surface area contributed by atoms with Crippen molar-refractivity contribution in [1.29, 1.82) is 0 Å². The predicted octanol–water partition coefficient (Wildman–Crippen LogP) is 3.32. The van der Waals surface area contributed by atoms with Crippen LogP contribution in [0.2, 0.25) is 0 Å². The Balaban J connectivity index is 0.00000280. The zero-order valence-corrected chi connectivity index (χ0v) is 17.3. The number of morpholine rings is 1. The molecular formula is C22H30ClNO4. The zero-order valence-electron chi connectivity index (χ0n) is 16.5. The first-order chi connectivity index (χ1) is 13.2. The number of hydrogen-bond donors (Lipinski definition) is 2. The topological polar surface area (TPSA) is 60.0 Å². The molecule has 0 saturated carbocycles. The van der Waals surface area contributed by atoms with Crippen LogP contribution in [0.15, 0.2) is 48.5 Å². The first-order valence-corrected chi connectivity index (χ1v) is 9.66. The molecule has 2 unspecified atom stereocenters. The highest BCUT2D eigenvalue weighted by atomic mass is 35.5. The van der Waals surface area contributed by atoms with E-state index in [1.54, 1.807) is 0 Å². The fourth-order valence-corrected chi connectivity index (χ4v) is 3.54. The molecule has 3 rings (SSSR count). The van der Waals surface area contributed by atoms with Gasteiger partial charge >= 0.3 is 0 Å². The maximum absolute atomic E-state index is 11.8. The monoisotopic (exact) mass is 407 g/mol. The second-order valence-corrected chi connectivity index (χ2v) is 6.67. The molecule has 2 atom stereocenters. The lowest BCUT2D eigenvalue weighted by Gasteiger charge is -2.39. The van der Waals surface area contributed by atoms with Gasteiger partial charge < -0.3 is 24.6 Å². The van der Waals surface area contributed by atoms with Crippen LogP contribution in [0.25, 0.3) is 0 Å². The fraction of sp³-hybridized carbons (Fsp3) is 0.455. The van der Waals surface area contributed by atoms with Gasteiger partial charge in [0.25, 0.3) is 0 Å². The summed E-state index contributed by atoms with van der Waals surface area (Å²) in [6.45, 7) is 7.04. The van der Waals surface area contributed by atoms with Gasteiger partial charge in [-0.25, -0.2) is 0 Å². The smallest absolute Gasteiger partial charge is 0.122 e. The van der Waals surface area contributed by atoms with Gasteiger partial charge in [-0.2, -0.15) is 0 Å². The van der Waals surface area contributed by atoms with Crippen molar-refractivity contribution in [2.24, 2.45) is 0 Å². The van der Waals surface area contributed by atoms with Gasteiger partial charge in [0.15, 0.2) is 0 Å². The van der Waals surface area contributed by atoms with Crippen molar-refractivity contribution in [1.82, 2.24) is 5.32 Å². The van der Waals surface area contributed by atoms with Crippen LogP contribution in [0.5, 0.6) is 11.5 Å². The van der Waals surface area contributed by atoms with E-state index in [2.05, 4.69) is 5.32 Å². The molecule has 2 aromatic carbocycles. The van der Waals surface area contributed by atoms with Gasteiger partial charge in [-0.05, 0) is 37.6 Å². The lowest BCUT2D eigenvalue weighted by Crippen LogP contribution is -2.52. The molecule has 0 spiro atoms. The number of aliphatic hydroxyl groups is 1. The molecule has 0 amide bonds. The number of hydrogen-bond acceptors (Lipinski definition) is 5. The van der Waals surface area contributed by atoms with E-state index in [1.807, 2.05) is 62.4 Å².